The largest absolute Gasteiger partial charge is 0.0843 e. The summed E-state index contributed by atoms with van der Waals surface area (Å²) in [4.78, 5) is 0. The van der Waals surface area contributed by atoms with Gasteiger partial charge in [0.2, 0.25) is 0 Å². The molecule has 0 amide bonds. The zero-order chi connectivity index (χ0) is 24.9. The molecule has 0 N–H and O–H groups in total. The highest BCUT2D eigenvalue weighted by Gasteiger charge is 2.44. The lowest BCUT2D eigenvalue weighted by Crippen LogP contribution is -2.41. The van der Waals surface area contributed by atoms with Crippen molar-refractivity contribution in [3.05, 3.63) is 69.7 Å². The van der Waals surface area contributed by atoms with Gasteiger partial charge < -0.3 is 0 Å². The third kappa shape index (κ3) is 6.22. The maximum Gasteiger partial charge on any atom is 0.0406 e. The van der Waals surface area contributed by atoms with Crippen LogP contribution in [0.3, 0.4) is 0 Å². The molecule has 188 valence electrons. The van der Waals surface area contributed by atoms with E-state index < -0.39 is 0 Å². The van der Waals surface area contributed by atoms with Gasteiger partial charge in [-0.25, -0.2) is 0 Å². The van der Waals surface area contributed by atoms with Crippen molar-refractivity contribution in [1.82, 2.24) is 0 Å². The first kappa shape index (κ1) is 27.6. The molecule has 0 saturated heterocycles. The van der Waals surface area contributed by atoms with Crippen molar-refractivity contribution < 1.29 is 0 Å². The minimum Gasteiger partial charge on any atom is -0.0843 e. The van der Waals surface area contributed by atoms with E-state index in [0.717, 1.165) is 33.7 Å². The van der Waals surface area contributed by atoms with Crippen LogP contribution in [0.1, 0.15) is 104 Å². The molecule has 0 aliphatic heterocycles. The van der Waals surface area contributed by atoms with Crippen LogP contribution in [0.4, 0.5) is 0 Å². The van der Waals surface area contributed by atoms with E-state index in [9.17, 15) is 0 Å². The predicted octanol–water partition coefficient (Wildman–Crippen LogP) is 10.9. The van der Waals surface area contributed by atoms with E-state index >= 15 is 0 Å². The molecule has 2 aliphatic carbocycles. The number of hydrogen-bond acceptors (Lipinski definition) is 0. The summed E-state index contributed by atoms with van der Waals surface area (Å²) in [5.74, 6) is 3.12. The van der Waals surface area contributed by atoms with E-state index in [4.69, 9.17) is 23.2 Å². The van der Waals surface area contributed by atoms with Crippen LogP contribution in [0, 0.1) is 23.7 Å². The summed E-state index contributed by atoms with van der Waals surface area (Å²) in [6.45, 7) is 14.1. The summed E-state index contributed by atoms with van der Waals surface area (Å²) in [6.07, 6.45) is 10.8. The van der Waals surface area contributed by atoms with Gasteiger partial charge in [0.05, 0.1) is 0 Å². The maximum absolute atomic E-state index is 5.99. The van der Waals surface area contributed by atoms with Crippen molar-refractivity contribution in [3.8, 4) is 0 Å². The fourth-order valence-corrected chi connectivity index (χ4v) is 6.93. The molecular weight excluding hydrogens is 455 g/mol. The quantitative estimate of drug-likeness (QED) is 0.337. The molecule has 0 radical (unpaired) electrons. The molecule has 2 atom stereocenters. The minimum absolute atomic E-state index is 0.439. The fourth-order valence-electron chi connectivity index (χ4n) is 6.68. The first-order valence-corrected chi connectivity index (χ1v) is 14.4. The van der Waals surface area contributed by atoms with Crippen LogP contribution in [0.2, 0.25) is 10.0 Å². The van der Waals surface area contributed by atoms with E-state index in [1.165, 1.54) is 62.5 Å². The zero-order valence-electron chi connectivity index (χ0n) is 22.3. The van der Waals surface area contributed by atoms with Crippen molar-refractivity contribution in [2.45, 2.75) is 104 Å². The van der Waals surface area contributed by atoms with Gasteiger partial charge in [0.25, 0.3) is 0 Å². The highest BCUT2D eigenvalue weighted by molar-refractivity contribution is 6.30. The van der Waals surface area contributed by atoms with Crippen LogP contribution in [0.15, 0.2) is 48.5 Å². The van der Waals surface area contributed by atoms with Crippen LogP contribution in [-0.4, -0.2) is 0 Å². The topological polar surface area (TPSA) is 0 Å². The Morgan fingerprint density at radius 1 is 0.559 bits per heavy atom. The summed E-state index contributed by atoms with van der Waals surface area (Å²) in [6, 6.07) is 17.1. The van der Waals surface area contributed by atoms with Gasteiger partial charge in [0, 0.05) is 10.0 Å². The first-order valence-electron chi connectivity index (χ1n) is 13.6. The minimum atomic E-state index is 0.439. The number of hydrogen-bond donors (Lipinski definition) is 0. The molecule has 2 aromatic carbocycles. The van der Waals surface area contributed by atoms with Gasteiger partial charge in [-0.2, -0.15) is 0 Å². The highest BCUT2D eigenvalue weighted by atomic mass is 35.5. The second-order valence-electron chi connectivity index (χ2n) is 12.1. The maximum atomic E-state index is 5.99. The Bertz CT molecular complexity index is 795. The Hall–Kier alpha value is -0.980. The first-order chi connectivity index (χ1) is 16.1. The molecule has 0 heterocycles. The second-order valence-corrected chi connectivity index (χ2v) is 13.0. The summed E-state index contributed by atoms with van der Waals surface area (Å²) in [7, 11) is 0. The highest BCUT2D eigenvalue weighted by Crippen LogP contribution is 2.52. The molecule has 2 aliphatic rings. The van der Waals surface area contributed by atoms with Gasteiger partial charge in [0.15, 0.2) is 0 Å². The Morgan fingerprint density at radius 2 is 0.853 bits per heavy atom. The second kappa shape index (κ2) is 11.8. The van der Waals surface area contributed by atoms with Gasteiger partial charge >= 0.3 is 0 Å². The van der Waals surface area contributed by atoms with Crippen molar-refractivity contribution in [3.63, 3.8) is 0 Å². The van der Waals surface area contributed by atoms with Crippen LogP contribution in [0.25, 0.3) is 0 Å². The van der Waals surface area contributed by atoms with E-state index in [0.29, 0.717) is 10.8 Å². The third-order valence-electron chi connectivity index (χ3n) is 8.87. The molecular formula is C32H46Cl2. The Labute approximate surface area is 219 Å². The Morgan fingerprint density at radius 3 is 1.06 bits per heavy atom. The molecule has 4 rings (SSSR count). The molecule has 34 heavy (non-hydrogen) atoms. The van der Waals surface area contributed by atoms with Crippen molar-refractivity contribution in [2.24, 2.45) is 23.7 Å². The predicted molar refractivity (Wildman–Crippen MR) is 151 cm³/mol. The van der Waals surface area contributed by atoms with Gasteiger partial charge in [0.1, 0.15) is 0 Å². The monoisotopic (exact) mass is 500 g/mol. The number of benzene rings is 2. The average Bonchev–Trinajstić information content (AvgIpc) is 2.68. The number of halogens is 2. The van der Waals surface area contributed by atoms with Gasteiger partial charge in [-0.05, 0) is 108 Å². The summed E-state index contributed by atoms with van der Waals surface area (Å²) in [5.41, 5.74) is 3.88. The summed E-state index contributed by atoms with van der Waals surface area (Å²) >= 11 is 12.0. The Balaban J connectivity index is 0.000000191. The molecule has 0 unspecified atom stereocenters. The molecule has 0 aromatic heterocycles. The third-order valence-corrected chi connectivity index (χ3v) is 9.37. The Kier molecular flexibility index (Phi) is 9.61. The fraction of sp³-hybridized carbons (Fsp3) is 0.625. The standard InChI is InChI=1S/2C16H23Cl/c2*1-12(2)11-13(3)16(9-4-10-16)14-5-7-15(17)8-6-14/h2*5-8,12-13H,4,9-11H2,1-3H3/t2*13-/m10/s1. The lowest BCUT2D eigenvalue weighted by atomic mass is 9.56. The SMILES string of the molecule is CC(C)C[C@@H](C)C1(c2ccc(Cl)cc2)CCC1.CC(C)C[C@H](C)C1(c2ccc(Cl)cc2)CCC1. The van der Waals surface area contributed by atoms with Gasteiger partial charge in [-0.1, -0.05) is 102 Å². The lowest BCUT2D eigenvalue weighted by Gasteiger charge is -2.48. The van der Waals surface area contributed by atoms with Crippen LogP contribution in [-0.2, 0) is 10.8 Å². The number of rotatable bonds is 8. The van der Waals surface area contributed by atoms with Crippen LogP contribution in [0.5, 0.6) is 0 Å². The normalized spacial score (nSPS) is 20.1. The molecule has 0 spiro atoms. The molecule has 0 bridgehead atoms. The van der Waals surface area contributed by atoms with E-state index in [-0.39, 0.29) is 0 Å². The molecule has 0 nitrogen and oxygen atoms in total. The molecule has 2 saturated carbocycles. The smallest absolute Gasteiger partial charge is 0.0406 e. The molecule has 2 heteroatoms. The lowest BCUT2D eigenvalue weighted by molar-refractivity contribution is 0.138. The molecule has 2 aromatic rings. The summed E-state index contributed by atoms with van der Waals surface area (Å²) < 4.78 is 0. The van der Waals surface area contributed by atoms with Gasteiger partial charge in [-0.3, -0.25) is 0 Å². The van der Waals surface area contributed by atoms with E-state index in [2.05, 4.69) is 65.8 Å². The van der Waals surface area contributed by atoms with E-state index in [1.807, 2.05) is 24.3 Å². The van der Waals surface area contributed by atoms with Crippen LogP contribution < -0.4 is 0 Å². The van der Waals surface area contributed by atoms with Crippen LogP contribution >= 0.6 is 23.2 Å². The average molecular weight is 502 g/mol. The zero-order valence-corrected chi connectivity index (χ0v) is 23.9. The van der Waals surface area contributed by atoms with Crippen molar-refractivity contribution in [2.75, 3.05) is 0 Å². The van der Waals surface area contributed by atoms with Crippen molar-refractivity contribution >= 4 is 23.2 Å². The van der Waals surface area contributed by atoms with Crippen molar-refractivity contribution in [1.29, 1.82) is 0 Å². The molecule has 2 fully saturated rings. The van der Waals surface area contributed by atoms with Gasteiger partial charge in [-0.15, -0.1) is 0 Å². The summed E-state index contributed by atoms with van der Waals surface area (Å²) in [5, 5.41) is 1.69. The van der Waals surface area contributed by atoms with E-state index in [1.54, 1.807) is 0 Å².